The van der Waals surface area contributed by atoms with Crippen LogP contribution in [0.2, 0.25) is 0 Å². The number of pyridine rings is 1. The fourth-order valence-electron chi connectivity index (χ4n) is 2.85. The van der Waals surface area contributed by atoms with Crippen LogP contribution >= 0.6 is 0 Å². The lowest BCUT2D eigenvalue weighted by molar-refractivity contribution is -0.146. The van der Waals surface area contributed by atoms with E-state index in [2.05, 4.69) is 4.98 Å². The minimum Gasteiger partial charge on any atom is -0.451 e. The first-order valence-electron chi connectivity index (χ1n) is 7.99. The van der Waals surface area contributed by atoms with Crippen molar-refractivity contribution in [3.8, 4) is 0 Å². The van der Waals surface area contributed by atoms with Crippen molar-refractivity contribution >= 4 is 22.8 Å². The fraction of sp³-hybridized carbons (Fsp3) is 0.389. The molecular formula is C18H20N2O4. The predicted molar refractivity (Wildman–Crippen MR) is 88.6 cm³/mol. The molecule has 0 N–H and O–H groups in total. The molecule has 0 radical (unpaired) electrons. The van der Waals surface area contributed by atoms with E-state index in [-0.39, 0.29) is 30.4 Å². The first-order chi connectivity index (χ1) is 11.5. The number of carbonyl (C=O) groups excluding carboxylic acids is 2. The quantitative estimate of drug-likeness (QED) is 0.807. The third-order valence-corrected chi connectivity index (χ3v) is 3.91. The maximum absolute atomic E-state index is 12.2. The van der Waals surface area contributed by atoms with Crippen LogP contribution < -0.4 is 0 Å². The second-order valence-corrected chi connectivity index (χ2v) is 6.02. The van der Waals surface area contributed by atoms with Crippen LogP contribution in [-0.4, -0.2) is 53.7 Å². The van der Waals surface area contributed by atoms with Crippen LogP contribution in [0.3, 0.4) is 0 Å². The summed E-state index contributed by atoms with van der Waals surface area (Å²) in [6, 6.07) is 10.9. The molecule has 126 valence electrons. The molecular weight excluding hydrogens is 308 g/mol. The molecule has 1 aromatic heterocycles. The Kier molecular flexibility index (Phi) is 4.76. The molecule has 1 aliphatic heterocycles. The van der Waals surface area contributed by atoms with Crippen molar-refractivity contribution < 1.29 is 19.1 Å². The van der Waals surface area contributed by atoms with E-state index in [9.17, 15) is 9.59 Å². The van der Waals surface area contributed by atoms with Gasteiger partial charge in [0, 0.05) is 18.5 Å². The lowest BCUT2D eigenvalue weighted by Gasteiger charge is -2.35. The second-order valence-electron chi connectivity index (χ2n) is 6.02. The van der Waals surface area contributed by atoms with Crippen LogP contribution in [-0.2, 0) is 14.3 Å². The summed E-state index contributed by atoms with van der Waals surface area (Å²) in [6.07, 6.45) is -0.0360. The molecule has 1 aliphatic rings. The molecule has 24 heavy (non-hydrogen) atoms. The number of esters is 1. The van der Waals surface area contributed by atoms with Crippen molar-refractivity contribution in [1.82, 2.24) is 9.88 Å². The van der Waals surface area contributed by atoms with Gasteiger partial charge in [0.05, 0.1) is 17.7 Å². The van der Waals surface area contributed by atoms with Crippen molar-refractivity contribution in [2.75, 3.05) is 19.7 Å². The Labute approximate surface area is 140 Å². The summed E-state index contributed by atoms with van der Waals surface area (Å²) in [5, 5.41) is 0.946. The summed E-state index contributed by atoms with van der Waals surface area (Å²) < 4.78 is 10.7. The average Bonchev–Trinajstić information content (AvgIpc) is 2.58. The smallest absolute Gasteiger partial charge is 0.357 e. The number of hydrogen-bond acceptors (Lipinski definition) is 5. The molecule has 1 fully saturated rings. The molecule has 6 heteroatoms. The molecule has 0 bridgehead atoms. The van der Waals surface area contributed by atoms with E-state index in [1.165, 1.54) is 0 Å². The van der Waals surface area contributed by atoms with Gasteiger partial charge in [0.25, 0.3) is 5.91 Å². The van der Waals surface area contributed by atoms with E-state index in [1.807, 2.05) is 44.2 Å². The molecule has 0 aliphatic carbocycles. The highest BCUT2D eigenvalue weighted by Gasteiger charge is 2.26. The van der Waals surface area contributed by atoms with Gasteiger partial charge >= 0.3 is 5.97 Å². The predicted octanol–water partition coefficient (Wildman–Crippen LogP) is 2.03. The maximum atomic E-state index is 12.2. The number of fused-ring (bicyclic) bond motifs is 1. The number of amides is 1. The number of aromatic nitrogens is 1. The molecule has 2 aromatic rings. The lowest BCUT2D eigenvalue weighted by Crippen LogP contribution is -2.49. The normalized spacial score (nSPS) is 20.8. The summed E-state index contributed by atoms with van der Waals surface area (Å²) >= 11 is 0. The fourth-order valence-corrected chi connectivity index (χ4v) is 2.85. The maximum Gasteiger partial charge on any atom is 0.357 e. The van der Waals surface area contributed by atoms with Crippen LogP contribution in [0.1, 0.15) is 24.3 Å². The van der Waals surface area contributed by atoms with Crippen LogP contribution in [0, 0.1) is 0 Å². The van der Waals surface area contributed by atoms with Crippen LogP contribution in [0.5, 0.6) is 0 Å². The summed E-state index contributed by atoms with van der Waals surface area (Å²) in [5.74, 6) is -0.811. The van der Waals surface area contributed by atoms with Gasteiger partial charge in [-0.15, -0.1) is 0 Å². The van der Waals surface area contributed by atoms with Crippen molar-refractivity contribution in [3.05, 3.63) is 42.1 Å². The monoisotopic (exact) mass is 328 g/mol. The van der Waals surface area contributed by atoms with Crippen LogP contribution in [0.25, 0.3) is 10.9 Å². The molecule has 6 nitrogen and oxygen atoms in total. The van der Waals surface area contributed by atoms with Crippen molar-refractivity contribution in [3.63, 3.8) is 0 Å². The van der Waals surface area contributed by atoms with Crippen molar-refractivity contribution in [1.29, 1.82) is 0 Å². The number of hydrogen-bond donors (Lipinski definition) is 0. The zero-order chi connectivity index (χ0) is 17.1. The van der Waals surface area contributed by atoms with Gasteiger partial charge < -0.3 is 14.4 Å². The number of rotatable bonds is 3. The van der Waals surface area contributed by atoms with Crippen LogP contribution in [0.15, 0.2) is 36.4 Å². The minimum atomic E-state index is -0.594. The topological polar surface area (TPSA) is 68.7 Å². The lowest BCUT2D eigenvalue weighted by atomic mass is 10.2. The van der Waals surface area contributed by atoms with Gasteiger partial charge in [-0.3, -0.25) is 4.79 Å². The molecule has 2 atom stereocenters. The Balaban J connectivity index is 1.60. The first-order valence-corrected chi connectivity index (χ1v) is 7.99. The van der Waals surface area contributed by atoms with Crippen LogP contribution in [0.4, 0.5) is 0 Å². The third kappa shape index (κ3) is 3.71. The van der Waals surface area contributed by atoms with Crippen molar-refractivity contribution in [2.24, 2.45) is 0 Å². The summed E-state index contributed by atoms with van der Waals surface area (Å²) in [6.45, 7) is 4.57. The van der Waals surface area contributed by atoms with Gasteiger partial charge in [-0.2, -0.15) is 0 Å². The number of para-hydroxylation sites is 1. The number of benzene rings is 1. The van der Waals surface area contributed by atoms with Gasteiger partial charge in [-0.05, 0) is 26.0 Å². The highest BCUT2D eigenvalue weighted by molar-refractivity contribution is 5.92. The van der Waals surface area contributed by atoms with Gasteiger partial charge in [-0.1, -0.05) is 24.3 Å². The molecule has 0 spiro atoms. The first kappa shape index (κ1) is 16.4. The minimum absolute atomic E-state index is 0.0180. The highest BCUT2D eigenvalue weighted by Crippen LogP contribution is 2.13. The SMILES string of the molecule is C[C@@H]1CN(C(=O)COC(=O)c2ccc3ccccc3n2)C[C@@H](C)O1. The van der Waals surface area contributed by atoms with Gasteiger partial charge in [0.1, 0.15) is 5.69 Å². The van der Waals surface area contributed by atoms with Gasteiger partial charge in [0.2, 0.25) is 0 Å². The Hall–Kier alpha value is -2.47. The molecule has 3 rings (SSSR count). The van der Waals surface area contributed by atoms with E-state index in [1.54, 1.807) is 11.0 Å². The largest absolute Gasteiger partial charge is 0.451 e. The standard InChI is InChI=1S/C18H20N2O4/c1-12-9-20(10-13(2)24-12)17(21)11-23-18(22)16-8-7-14-5-3-4-6-15(14)19-16/h3-8,12-13H,9-11H2,1-2H3/t12-,13-/m1/s1. The van der Waals surface area contributed by atoms with Gasteiger partial charge in [0.15, 0.2) is 6.61 Å². The zero-order valence-electron chi connectivity index (χ0n) is 13.8. The Morgan fingerprint density at radius 1 is 1.17 bits per heavy atom. The third-order valence-electron chi connectivity index (χ3n) is 3.91. The van der Waals surface area contributed by atoms with E-state index in [4.69, 9.17) is 9.47 Å². The Morgan fingerprint density at radius 3 is 2.62 bits per heavy atom. The summed E-state index contributed by atoms with van der Waals surface area (Å²) in [7, 11) is 0. The second kappa shape index (κ2) is 6.97. The molecule has 0 unspecified atom stereocenters. The highest BCUT2D eigenvalue weighted by atomic mass is 16.5. The molecule has 0 saturated carbocycles. The molecule has 1 aromatic carbocycles. The Bertz CT molecular complexity index is 752. The summed E-state index contributed by atoms with van der Waals surface area (Å²) in [4.78, 5) is 30.3. The van der Waals surface area contributed by atoms with E-state index in [0.717, 1.165) is 5.39 Å². The van der Waals surface area contributed by atoms with Crippen molar-refractivity contribution in [2.45, 2.75) is 26.1 Å². The Morgan fingerprint density at radius 2 is 1.88 bits per heavy atom. The van der Waals surface area contributed by atoms with Gasteiger partial charge in [-0.25, -0.2) is 9.78 Å². The molecule has 1 amide bonds. The van der Waals surface area contributed by atoms with E-state index >= 15 is 0 Å². The zero-order valence-corrected chi connectivity index (χ0v) is 13.8. The number of nitrogens with zero attached hydrogens (tertiary/aromatic N) is 2. The summed E-state index contributed by atoms with van der Waals surface area (Å²) in [5.41, 5.74) is 0.916. The van der Waals surface area contributed by atoms with E-state index < -0.39 is 5.97 Å². The van der Waals surface area contributed by atoms with E-state index in [0.29, 0.717) is 18.6 Å². The average molecular weight is 328 g/mol. The number of carbonyl (C=O) groups is 2. The number of ether oxygens (including phenoxy) is 2. The molecule has 2 heterocycles. The molecule has 1 saturated heterocycles. The number of morpholine rings is 1.